The zero-order valence-electron chi connectivity index (χ0n) is 65.5. The van der Waals surface area contributed by atoms with Gasteiger partial charge in [0.05, 0.1) is 108 Å². The van der Waals surface area contributed by atoms with E-state index in [9.17, 15) is 29.8 Å². The summed E-state index contributed by atoms with van der Waals surface area (Å²) in [6, 6.07) is 59.7. The summed E-state index contributed by atoms with van der Waals surface area (Å²) >= 11 is 11.9. The van der Waals surface area contributed by atoms with Gasteiger partial charge in [0, 0.05) is 100 Å². The van der Waals surface area contributed by atoms with E-state index in [1.54, 1.807) is 39.3 Å². The first-order chi connectivity index (χ1) is 55.9. The predicted molar refractivity (Wildman–Crippen MR) is 469 cm³/mol. The summed E-state index contributed by atoms with van der Waals surface area (Å²) in [5.74, 6) is 0.172. The van der Waals surface area contributed by atoms with Crippen molar-refractivity contribution in [2.24, 2.45) is 7.05 Å². The minimum Gasteiger partial charge on any atom is -0.424 e. The number of carbonyl (C=O) groups excluding carboxylic acids is 1. The Hall–Kier alpha value is -13.5. The zero-order valence-corrected chi connectivity index (χ0v) is 69.5. The Balaban J connectivity index is 0.000000133. The normalized spacial score (nSPS) is 13.0. The Morgan fingerprint density at radius 1 is 0.627 bits per heavy atom. The van der Waals surface area contributed by atoms with E-state index in [0.717, 1.165) is 114 Å². The number of non-ortho nitro benzene ring substituents is 1. The lowest BCUT2D eigenvalue weighted by Crippen LogP contribution is -2.41. The molecule has 31 heteroatoms. The third kappa shape index (κ3) is 17.1. The number of nitrogens with zero attached hydrogens (tertiary/aromatic N) is 12. The van der Waals surface area contributed by atoms with Crippen LogP contribution in [0.4, 0.5) is 39.6 Å². The molecule has 8 N–H and O–H groups in total. The summed E-state index contributed by atoms with van der Waals surface area (Å²) < 4.78 is 33.9. The summed E-state index contributed by atoms with van der Waals surface area (Å²) in [4.78, 5) is 77.9. The number of carbonyl (C=O) groups is 1. The van der Waals surface area contributed by atoms with Crippen LogP contribution >= 0.6 is 43.5 Å². The van der Waals surface area contributed by atoms with Gasteiger partial charge in [-0.3, -0.25) is 38.8 Å². The molecule has 0 saturated carbocycles. The van der Waals surface area contributed by atoms with E-state index in [4.69, 9.17) is 60.1 Å². The standard InChI is InChI=1S/C28H22N6O2.C20H15BrN4O.C19H17BrN4.C13H17BN2O3.C7H4ClNO4/c1-28(2,15-29)18-6-8-19(9-7-18)34-25-20-12-16(17-5-11-24-22(13-17)32-26(30)36-24)4-10-21(20)31-14-23(25)33(3)27(34)35;1-20(2,22-3)12-4-7-14(8-5-12)25-18-15-10-13(21)6-9-16(15)23-11-17(18)24-19(25)26;1-19(2,22-3)12-4-7-14(8-5-12)24-18-15-10-13(20)6-9-17(15)23-11-16(18)21;1-12(2)13(3,4)19-14(18-12)8-5-6-10-9(7-8)16-11(15)17-10;8-7(10)13-6-3-1-5(2-4-6)9(11)12/h4-14H,1-3H3,(H2,30,32);4-11H,1-2H3,(H,24,26);4-11H,21H2,1-2H3,(H,23,24);5-7H,1-4H3,(H2,15,16);1-4H. The van der Waals surface area contributed by atoms with Gasteiger partial charge in [-0.1, -0.05) is 62.2 Å². The number of aryl methyl sites for hydroxylation is 1. The van der Waals surface area contributed by atoms with Crippen molar-refractivity contribution in [3.8, 4) is 34.3 Å². The number of aromatic nitrogens is 9. The molecule has 0 aliphatic carbocycles. The van der Waals surface area contributed by atoms with Crippen molar-refractivity contribution in [3.63, 3.8) is 0 Å². The molecule has 9 aromatic carbocycles. The third-order valence-corrected chi connectivity index (χ3v) is 21.6. The number of oxazole rings is 2. The van der Waals surface area contributed by atoms with Gasteiger partial charge < -0.3 is 60.1 Å². The fraction of sp³-hybridized carbons (Fsp3) is 0.184. The molecule has 16 aromatic rings. The molecule has 0 amide bonds. The Kier molecular flexibility index (Phi) is 22.8. The van der Waals surface area contributed by atoms with Gasteiger partial charge in [0.2, 0.25) is 0 Å². The minimum absolute atomic E-state index is 0.0747. The number of hydrogen-bond donors (Lipinski definition) is 5. The van der Waals surface area contributed by atoms with Crippen LogP contribution in [0.25, 0.3) is 109 Å². The number of pyridine rings is 3. The lowest BCUT2D eigenvalue weighted by Gasteiger charge is -2.32. The van der Waals surface area contributed by atoms with Crippen molar-refractivity contribution in [2.75, 3.05) is 22.5 Å². The van der Waals surface area contributed by atoms with Crippen LogP contribution in [0.15, 0.2) is 234 Å². The van der Waals surface area contributed by atoms with E-state index in [0.29, 0.717) is 33.4 Å². The van der Waals surface area contributed by atoms with Crippen molar-refractivity contribution in [2.45, 2.75) is 96.9 Å². The number of nitriles is 1. The number of nitrogens with one attached hydrogen (secondary N) is 2. The maximum Gasteiger partial charge on any atom is 0.494 e. The molecule has 1 aliphatic rings. The first kappa shape index (κ1) is 82.4. The van der Waals surface area contributed by atoms with Crippen molar-refractivity contribution >= 4 is 173 Å². The molecule has 0 atom stereocenters. The second-order valence-electron chi connectivity index (χ2n) is 30.2. The molecule has 1 aliphatic heterocycles. The maximum atomic E-state index is 13.4. The van der Waals surface area contributed by atoms with Crippen LogP contribution in [0.2, 0.25) is 0 Å². The molecule has 118 heavy (non-hydrogen) atoms. The van der Waals surface area contributed by atoms with Gasteiger partial charge in [-0.25, -0.2) is 27.5 Å². The molecule has 27 nitrogen and oxygen atoms in total. The van der Waals surface area contributed by atoms with Gasteiger partial charge in [-0.15, -0.1) is 0 Å². The quantitative estimate of drug-likeness (QED) is 0.0264. The Morgan fingerprint density at radius 3 is 1.69 bits per heavy atom. The lowest BCUT2D eigenvalue weighted by molar-refractivity contribution is -0.384. The number of nitrogen functional groups attached to an aromatic ring is 3. The smallest absolute Gasteiger partial charge is 0.424 e. The molecule has 0 spiro atoms. The third-order valence-electron chi connectivity index (χ3n) is 20.5. The number of hydrogen-bond acceptors (Lipinski definition) is 20. The van der Waals surface area contributed by atoms with E-state index in [2.05, 4.69) is 87.6 Å². The van der Waals surface area contributed by atoms with Crippen molar-refractivity contribution in [1.82, 2.24) is 43.6 Å². The summed E-state index contributed by atoms with van der Waals surface area (Å²) in [6.07, 6.45) is 5.07. The van der Waals surface area contributed by atoms with Crippen LogP contribution in [0.5, 0.6) is 5.75 Å². The number of H-pyrrole nitrogens is 1. The number of fused-ring (bicyclic) bond motifs is 9. The first-order valence-corrected chi connectivity index (χ1v) is 38.5. The first-order valence-electron chi connectivity index (χ1n) is 36.6. The average molecular weight is 1720 g/mol. The number of halogens is 3. The molecular formula is C87H75BBr2ClN17O10. The van der Waals surface area contributed by atoms with Gasteiger partial charge in [-0.05, 0) is 209 Å². The summed E-state index contributed by atoms with van der Waals surface area (Å²) in [7, 11) is 1.35. The molecule has 592 valence electrons. The molecule has 1 fully saturated rings. The average Bonchev–Trinajstić information content (AvgIpc) is 1.57. The van der Waals surface area contributed by atoms with E-state index in [-0.39, 0.29) is 46.0 Å². The predicted octanol–water partition coefficient (Wildman–Crippen LogP) is 19.4. The second kappa shape index (κ2) is 32.6. The van der Waals surface area contributed by atoms with Crippen LogP contribution < -0.4 is 44.1 Å². The topological polar surface area (TPSA) is 366 Å². The highest BCUT2D eigenvalue weighted by atomic mass is 79.9. The number of nitro groups is 1. The molecule has 8 heterocycles. The van der Waals surface area contributed by atoms with Crippen LogP contribution in [0.3, 0.4) is 0 Å². The lowest BCUT2D eigenvalue weighted by atomic mass is 9.79. The number of anilines is 5. The number of ether oxygens (including phenoxy) is 1. The van der Waals surface area contributed by atoms with Crippen LogP contribution in [0.1, 0.15) is 85.9 Å². The molecule has 7 aromatic heterocycles. The van der Waals surface area contributed by atoms with Gasteiger partial charge in [0.15, 0.2) is 11.2 Å². The number of nitro benzene ring substituents is 1. The van der Waals surface area contributed by atoms with Crippen molar-refractivity contribution in [1.29, 1.82) is 5.26 Å². The number of benzene rings is 9. The summed E-state index contributed by atoms with van der Waals surface area (Å²) in [6.45, 7) is 34.1. The second-order valence-corrected chi connectivity index (χ2v) is 32.3. The van der Waals surface area contributed by atoms with E-state index in [1.807, 2.05) is 233 Å². The highest BCUT2D eigenvalue weighted by molar-refractivity contribution is 9.10. The van der Waals surface area contributed by atoms with Crippen LogP contribution in [0, 0.1) is 34.6 Å². The summed E-state index contributed by atoms with van der Waals surface area (Å²) in [5.41, 5.74) is 31.0. The van der Waals surface area contributed by atoms with Crippen molar-refractivity contribution in [3.05, 3.63) is 286 Å². The zero-order chi connectivity index (χ0) is 84.7. The Bertz CT molecular complexity index is 6860. The molecule has 1 saturated heterocycles. The largest absolute Gasteiger partial charge is 0.494 e. The molecular weight excluding hydrogens is 1650 g/mol. The monoisotopic (exact) mass is 1720 g/mol. The van der Waals surface area contributed by atoms with Gasteiger partial charge in [0.1, 0.15) is 16.8 Å². The number of nitrogens with two attached hydrogens (primary N) is 3. The van der Waals surface area contributed by atoms with Crippen LogP contribution in [-0.4, -0.2) is 72.3 Å². The van der Waals surface area contributed by atoms with Gasteiger partial charge in [-0.2, -0.15) is 15.2 Å². The SMILES string of the molecule is CC1(C)OB(c2ccc3oc(N)nc3c2)OC1(C)C.Cn1c(=O)n(-c2ccc(C(C)(C)C#N)cc2)c2c3cc(-c4ccc5oc(N)nc5c4)ccc3ncc21.O=C(Cl)Oc1ccc([N+](=O)[O-])cc1.[C-]#[N+]C(C)(C)c1ccc(-n2c(=O)[nH]c3cnc4ccc(Br)cc4c32)cc1.[C-]#[N+]C(C)(C)c1ccc(Nc2c(N)cnc3ccc(Br)cc23)cc1. The molecule has 0 bridgehead atoms. The highest BCUT2D eigenvalue weighted by Gasteiger charge is 2.52. The Labute approximate surface area is 697 Å². The number of aromatic amines is 1. The maximum absolute atomic E-state index is 13.4. The van der Waals surface area contributed by atoms with E-state index >= 15 is 0 Å². The minimum atomic E-state index is -0.978. The molecule has 0 unspecified atom stereocenters. The van der Waals surface area contributed by atoms with Gasteiger partial charge in [0.25, 0.3) is 28.8 Å². The molecule has 17 rings (SSSR count). The number of imidazole rings is 2. The van der Waals surface area contributed by atoms with Crippen LogP contribution in [-0.2, 0) is 32.8 Å². The van der Waals surface area contributed by atoms with Crippen molar-refractivity contribution < 1.29 is 32.6 Å². The fourth-order valence-electron chi connectivity index (χ4n) is 13.0. The summed E-state index contributed by atoms with van der Waals surface area (Å²) in [5, 5.41) is 25.8. The molecule has 0 radical (unpaired) electrons. The Morgan fingerprint density at radius 2 is 1.12 bits per heavy atom. The van der Waals surface area contributed by atoms with E-state index in [1.165, 1.54) is 24.3 Å². The number of rotatable bonds is 11. The fourth-order valence-corrected chi connectivity index (χ4v) is 13.8. The van der Waals surface area contributed by atoms with E-state index < -0.39 is 34.0 Å². The highest BCUT2D eigenvalue weighted by Crippen LogP contribution is 2.39. The van der Waals surface area contributed by atoms with Gasteiger partial charge >= 0.3 is 23.9 Å².